The molecule has 1 heterocycles. The minimum Gasteiger partial charge on any atom is -0.384 e. The van der Waals surface area contributed by atoms with E-state index in [0.29, 0.717) is 35.0 Å². The summed E-state index contributed by atoms with van der Waals surface area (Å²) in [5, 5.41) is 10.0. The molecule has 0 saturated heterocycles. The molecule has 0 aromatic heterocycles. The van der Waals surface area contributed by atoms with E-state index in [9.17, 15) is 14.4 Å². The van der Waals surface area contributed by atoms with Crippen LogP contribution >= 0.6 is 15.9 Å². The van der Waals surface area contributed by atoms with E-state index < -0.39 is 11.7 Å². The molecule has 1 aliphatic heterocycles. The van der Waals surface area contributed by atoms with Crippen LogP contribution in [-0.4, -0.2) is 19.9 Å². The van der Waals surface area contributed by atoms with Crippen molar-refractivity contribution in [1.82, 2.24) is 0 Å². The predicted molar refractivity (Wildman–Crippen MR) is 123 cm³/mol. The molecule has 158 valence electrons. The van der Waals surface area contributed by atoms with Gasteiger partial charge in [0.2, 0.25) is 0 Å². The molecule has 1 atom stereocenters. The van der Waals surface area contributed by atoms with Crippen LogP contribution in [0, 0.1) is 17.1 Å². The van der Waals surface area contributed by atoms with E-state index in [1.807, 2.05) is 43.3 Å². The molecule has 0 saturated carbocycles. The van der Waals surface area contributed by atoms with Gasteiger partial charge in [0.15, 0.2) is 5.78 Å². The van der Waals surface area contributed by atoms with E-state index in [2.05, 4.69) is 22.0 Å². The highest BCUT2D eigenvalue weighted by atomic mass is 79.9. The summed E-state index contributed by atoms with van der Waals surface area (Å²) < 4.78 is 15.5. The fourth-order valence-corrected chi connectivity index (χ4v) is 4.66. The fourth-order valence-electron chi connectivity index (χ4n) is 4.32. The molecular weight excluding hydrogens is 459 g/mol. The zero-order chi connectivity index (χ0) is 22.3. The fraction of sp³-hybridized carbons (Fsp3) is 0.250. The molecule has 2 N–H and O–H groups in total. The van der Waals surface area contributed by atoms with Crippen molar-refractivity contribution in [3.05, 3.63) is 81.0 Å². The number of benzene rings is 2. The van der Waals surface area contributed by atoms with E-state index in [1.54, 1.807) is 17.0 Å². The number of halogens is 2. The number of carbonyl (C=O) groups excluding carboxylic acids is 1. The number of anilines is 2. The average Bonchev–Trinajstić information content (AvgIpc) is 2.74. The summed E-state index contributed by atoms with van der Waals surface area (Å²) in [5.74, 6) is -0.892. The number of hydrogen-bond acceptors (Lipinski definition) is 5. The normalized spacial score (nSPS) is 18.7. The monoisotopic (exact) mass is 480 g/mol. The van der Waals surface area contributed by atoms with Crippen molar-refractivity contribution in [1.29, 1.82) is 5.26 Å². The van der Waals surface area contributed by atoms with Crippen LogP contribution < -0.4 is 15.5 Å². The van der Waals surface area contributed by atoms with E-state index in [0.717, 1.165) is 11.3 Å². The van der Waals surface area contributed by atoms with E-state index >= 15 is 0 Å². The Labute approximate surface area is 189 Å². The van der Waals surface area contributed by atoms with Gasteiger partial charge in [-0.3, -0.25) is 9.69 Å². The molecule has 31 heavy (non-hydrogen) atoms. The van der Waals surface area contributed by atoms with Gasteiger partial charge in [0.1, 0.15) is 11.6 Å². The van der Waals surface area contributed by atoms with Gasteiger partial charge in [0.05, 0.1) is 23.2 Å². The highest BCUT2D eigenvalue weighted by Crippen LogP contribution is 2.46. The summed E-state index contributed by atoms with van der Waals surface area (Å²) in [6.07, 6.45) is 1.65. The molecule has 5 nitrogen and oxygen atoms in total. The molecule has 1 aliphatic carbocycles. The van der Waals surface area contributed by atoms with Crippen molar-refractivity contribution < 1.29 is 9.18 Å². The minimum atomic E-state index is -0.557. The predicted octanol–water partition coefficient (Wildman–Crippen LogP) is 4.96. The van der Waals surface area contributed by atoms with E-state index in [1.165, 1.54) is 6.07 Å². The molecule has 4 rings (SSSR count). The number of nitriles is 1. The smallest absolute Gasteiger partial charge is 0.161 e. The zero-order valence-corrected chi connectivity index (χ0v) is 18.9. The van der Waals surface area contributed by atoms with Crippen LogP contribution in [0.3, 0.4) is 0 Å². The SMILES string of the molecule is CN(C)c1ccc([C@@H]2C(C#N)=C(N)N(c3ccc(Br)cc3F)C3=C2C(=O)CCC3)cc1. The van der Waals surface area contributed by atoms with Crippen LogP contribution in [-0.2, 0) is 4.79 Å². The summed E-state index contributed by atoms with van der Waals surface area (Å²) in [7, 11) is 3.90. The Balaban J connectivity index is 1.93. The third-order valence-corrected chi connectivity index (χ3v) is 6.30. The lowest BCUT2D eigenvalue weighted by atomic mass is 9.75. The second-order valence-corrected chi connectivity index (χ2v) is 8.81. The van der Waals surface area contributed by atoms with Crippen molar-refractivity contribution in [3.8, 4) is 6.07 Å². The number of carbonyl (C=O) groups is 1. The minimum absolute atomic E-state index is 0.0225. The highest BCUT2D eigenvalue weighted by Gasteiger charge is 2.40. The largest absolute Gasteiger partial charge is 0.384 e. The van der Waals surface area contributed by atoms with Crippen molar-refractivity contribution in [2.45, 2.75) is 25.2 Å². The second kappa shape index (κ2) is 8.20. The van der Waals surface area contributed by atoms with Crippen LogP contribution in [0.15, 0.2) is 69.6 Å². The molecule has 2 aromatic rings. The van der Waals surface area contributed by atoms with Gasteiger partial charge in [0.25, 0.3) is 0 Å². The molecule has 7 heteroatoms. The number of rotatable bonds is 3. The van der Waals surface area contributed by atoms with Crippen molar-refractivity contribution >= 4 is 33.1 Å². The van der Waals surface area contributed by atoms with E-state index in [-0.39, 0.29) is 22.9 Å². The Hall–Kier alpha value is -3.11. The average molecular weight is 481 g/mol. The van der Waals surface area contributed by atoms with E-state index in [4.69, 9.17) is 5.73 Å². The maximum Gasteiger partial charge on any atom is 0.161 e. The number of hydrogen-bond donors (Lipinski definition) is 1. The summed E-state index contributed by atoms with van der Waals surface area (Å²) in [5.41, 5.74) is 10.0. The zero-order valence-electron chi connectivity index (χ0n) is 17.3. The Kier molecular flexibility index (Phi) is 5.59. The van der Waals surface area contributed by atoms with Crippen LogP contribution in [0.4, 0.5) is 15.8 Å². The quantitative estimate of drug-likeness (QED) is 0.671. The Bertz CT molecular complexity index is 1160. The molecule has 0 fully saturated rings. The molecular formula is C24H22BrFN4O. The Morgan fingerprint density at radius 2 is 1.90 bits per heavy atom. The number of nitrogens with two attached hydrogens (primary N) is 1. The molecule has 2 aliphatic rings. The van der Waals surface area contributed by atoms with Gasteiger partial charge >= 0.3 is 0 Å². The summed E-state index contributed by atoms with van der Waals surface area (Å²) >= 11 is 3.27. The van der Waals surface area contributed by atoms with Crippen molar-refractivity contribution in [3.63, 3.8) is 0 Å². The van der Waals surface area contributed by atoms with Gasteiger partial charge < -0.3 is 10.6 Å². The standard InChI is InChI=1S/C24H22BrFN4O/c1-29(2)16-9-6-14(7-10-16)22-17(13-27)24(28)30(19-11-8-15(25)12-18(19)26)20-4-3-5-21(31)23(20)22/h6-12,22H,3-5,28H2,1-2H3/t22-/m1/s1. The lowest BCUT2D eigenvalue weighted by Gasteiger charge is -2.39. The van der Waals surface area contributed by atoms with Gasteiger partial charge in [-0.15, -0.1) is 0 Å². The van der Waals surface area contributed by atoms with Gasteiger partial charge in [-0.25, -0.2) is 4.39 Å². The van der Waals surface area contributed by atoms with Crippen LogP contribution in [0.5, 0.6) is 0 Å². The van der Waals surface area contributed by atoms with Gasteiger partial charge in [-0.1, -0.05) is 28.1 Å². The van der Waals surface area contributed by atoms with Gasteiger partial charge in [0, 0.05) is 41.9 Å². The topological polar surface area (TPSA) is 73.4 Å². The molecule has 0 unspecified atom stereocenters. The summed E-state index contributed by atoms with van der Waals surface area (Å²) in [6, 6.07) is 14.6. The third kappa shape index (κ3) is 3.61. The number of nitrogens with zero attached hydrogens (tertiary/aromatic N) is 3. The van der Waals surface area contributed by atoms with Gasteiger partial charge in [-0.05, 0) is 48.7 Å². The highest BCUT2D eigenvalue weighted by molar-refractivity contribution is 9.10. The number of allylic oxidation sites excluding steroid dienone is 3. The maximum atomic E-state index is 14.9. The molecule has 2 aromatic carbocycles. The van der Waals surface area contributed by atoms with Crippen LogP contribution in [0.1, 0.15) is 30.7 Å². The first kappa shape index (κ1) is 21.1. The Morgan fingerprint density at radius 1 is 1.19 bits per heavy atom. The lowest BCUT2D eigenvalue weighted by Crippen LogP contribution is -2.39. The second-order valence-electron chi connectivity index (χ2n) is 7.90. The molecule has 0 radical (unpaired) electrons. The molecule has 0 amide bonds. The summed E-state index contributed by atoms with van der Waals surface area (Å²) in [4.78, 5) is 16.6. The third-order valence-electron chi connectivity index (χ3n) is 5.81. The van der Waals surface area contributed by atoms with Gasteiger partial charge in [-0.2, -0.15) is 5.26 Å². The van der Waals surface area contributed by atoms with Crippen LogP contribution in [0.25, 0.3) is 0 Å². The Morgan fingerprint density at radius 3 is 2.52 bits per heavy atom. The van der Waals surface area contributed by atoms with Crippen molar-refractivity contribution in [2.75, 3.05) is 23.9 Å². The maximum absolute atomic E-state index is 14.9. The number of ketones is 1. The molecule has 0 bridgehead atoms. The van der Waals surface area contributed by atoms with Crippen LogP contribution in [0.2, 0.25) is 0 Å². The first-order valence-electron chi connectivity index (χ1n) is 10.0. The first-order valence-corrected chi connectivity index (χ1v) is 10.8. The first-order chi connectivity index (χ1) is 14.8. The summed E-state index contributed by atoms with van der Waals surface area (Å²) in [6.45, 7) is 0. The number of Topliss-reactive ketones (excluding diaryl/α,β-unsaturated/α-hetero) is 1. The van der Waals surface area contributed by atoms with Crippen molar-refractivity contribution in [2.24, 2.45) is 5.73 Å². The molecule has 0 spiro atoms. The lowest BCUT2D eigenvalue weighted by molar-refractivity contribution is -0.116.